The van der Waals surface area contributed by atoms with E-state index in [1.54, 1.807) is 0 Å². The third-order valence-corrected chi connectivity index (χ3v) is 4.09. The van der Waals surface area contributed by atoms with Crippen molar-refractivity contribution in [1.82, 2.24) is 10.3 Å². The molecule has 3 rings (SSSR count). The average Bonchev–Trinajstić information content (AvgIpc) is 2.50. The summed E-state index contributed by atoms with van der Waals surface area (Å²) in [6, 6.07) is 16.8. The van der Waals surface area contributed by atoms with E-state index in [9.17, 15) is 0 Å². The van der Waals surface area contributed by atoms with E-state index in [1.165, 1.54) is 16.7 Å². The minimum Gasteiger partial charge on any atom is -0.309 e. The van der Waals surface area contributed by atoms with Crippen molar-refractivity contribution in [2.45, 2.75) is 26.9 Å². The van der Waals surface area contributed by atoms with E-state index in [4.69, 9.17) is 11.6 Å². The number of pyridine rings is 1. The Kier molecular flexibility index (Phi) is 4.41. The molecule has 0 amide bonds. The number of hydrogen-bond donors (Lipinski definition) is 1. The Morgan fingerprint density at radius 2 is 1.77 bits per heavy atom. The van der Waals surface area contributed by atoms with Gasteiger partial charge in [-0.1, -0.05) is 53.6 Å². The average molecular weight is 311 g/mol. The van der Waals surface area contributed by atoms with E-state index in [0.29, 0.717) is 11.7 Å². The van der Waals surface area contributed by atoms with Gasteiger partial charge in [-0.15, -0.1) is 0 Å². The van der Waals surface area contributed by atoms with E-state index in [-0.39, 0.29) is 0 Å². The first kappa shape index (κ1) is 15.0. The molecular formula is C19H19ClN2. The zero-order valence-electron chi connectivity index (χ0n) is 12.9. The molecule has 1 heterocycles. The highest BCUT2D eigenvalue weighted by molar-refractivity contribution is 6.30. The predicted octanol–water partition coefficient (Wildman–Crippen LogP) is 4.79. The molecule has 112 valence electrons. The van der Waals surface area contributed by atoms with Crippen molar-refractivity contribution in [3.63, 3.8) is 0 Å². The van der Waals surface area contributed by atoms with Gasteiger partial charge in [-0.25, -0.2) is 4.98 Å². The van der Waals surface area contributed by atoms with Crippen LogP contribution in [0.5, 0.6) is 0 Å². The summed E-state index contributed by atoms with van der Waals surface area (Å²) in [5.74, 6) is 0. The maximum atomic E-state index is 6.35. The normalized spacial score (nSPS) is 11.0. The third-order valence-electron chi connectivity index (χ3n) is 3.77. The number of aryl methyl sites for hydroxylation is 2. The van der Waals surface area contributed by atoms with Gasteiger partial charge in [0.15, 0.2) is 0 Å². The molecular weight excluding hydrogens is 292 g/mol. The molecule has 0 unspecified atom stereocenters. The molecule has 0 saturated carbocycles. The van der Waals surface area contributed by atoms with Gasteiger partial charge in [0, 0.05) is 24.0 Å². The van der Waals surface area contributed by atoms with Gasteiger partial charge in [0.2, 0.25) is 0 Å². The second-order valence-corrected chi connectivity index (χ2v) is 6.04. The van der Waals surface area contributed by atoms with Crippen LogP contribution in [0.25, 0.3) is 10.9 Å². The lowest BCUT2D eigenvalue weighted by molar-refractivity contribution is 0.692. The molecule has 0 spiro atoms. The highest BCUT2D eigenvalue weighted by atomic mass is 35.5. The van der Waals surface area contributed by atoms with Gasteiger partial charge < -0.3 is 5.32 Å². The summed E-state index contributed by atoms with van der Waals surface area (Å²) in [5.41, 5.74) is 5.70. The van der Waals surface area contributed by atoms with Crippen LogP contribution in [0.15, 0.2) is 48.5 Å². The van der Waals surface area contributed by atoms with Crippen molar-refractivity contribution in [2.24, 2.45) is 0 Å². The van der Waals surface area contributed by atoms with Crippen LogP contribution in [-0.4, -0.2) is 4.98 Å². The van der Waals surface area contributed by atoms with Crippen molar-refractivity contribution in [1.29, 1.82) is 0 Å². The Labute approximate surface area is 136 Å². The predicted molar refractivity (Wildman–Crippen MR) is 93.2 cm³/mol. The largest absolute Gasteiger partial charge is 0.309 e. The molecule has 1 N–H and O–H groups in total. The van der Waals surface area contributed by atoms with Crippen molar-refractivity contribution in [2.75, 3.05) is 0 Å². The van der Waals surface area contributed by atoms with Gasteiger partial charge in [0.05, 0.1) is 5.52 Å². The van der Waals surface area contributed by atoms with Crippen molar-refractivity contribution >= 4 is 22.5 Å². The molecule has 0 bridgehead atoms. The minimum absolute atomic E-state index is 0.583. The number of nitrogens with one attached hydrogen (secondary N) is 1. The van der Waals surface area contributed by atoms with E-state index >= 15 is 0 Å². The molecule has 0 fully saturated rings. The number of rotatable bonds is 4. The first-order valence-corrected chi connectivity index (χ1v) is 7.82. The maximum absolute atomic E-state index is 6.35. The molecule has 0 radical (unpaired) electrons. The molecule has 0 atom stereocenters. The quantitative estimate of drug-likeness (QED) is 0.700. The number of hydrogen-bond acceptors (Lipinski definition) is 2. The number of aromatic nitrogens is 1. The van der Waals surface area contributed by atoms with Crippen LogP contribution in [-0.2, 0) is 13.1 Å². The van der Waals surface area contributed by atoms with E-state index in [2.05, 4.69) is 54.5 Å². The van der Waals surface area contributed by atoms with Crippen LogP contribution in [0, 0.1) is 13.8 Å². The smallest absolute Gasteiger partial charge is 0.134 e. The molecule has 0 saturated heterocycles. The zero-order chi connectivity index (χ0) is 15.5. The lowest BCUT2D eigenvalue weighted by atomic mass is 10.1. The second kappa shape index (κ2) is 6.47. The van der Waals surface area contributed by atoms with Crippen LogP contribution >= 0.6 is 11.6 Å². The molecule has 3 heteroatoms. The van der Waals surface area contributed by atoms with Crippen LogP contribution in [0.2, 0.25) is 5.15 Å². The van der Waals surface area contributed by atoms with Crippen LogP contribution < -0.4 is 5.32 Å². The summed E-state index contributed by atoms with van der Waals surface area (Å²) in [5, 5.41) is 5.16. The molecule has 0 aliphatic carbocycles. The first-order chi connectivity index (χ1) is 10.6. The number of halogens is 1. The number of fused-ring (bicyclic) bond motifs is 1. The first-order valence-electron chi connectivity index (χ1n) is 7.44. The topological polar surface area (TPSA) is 24.9 Å². The van der Waals surface area contributed by atoms with E-state index in [1.807, 2.05) is 18.2 Å². The summed E-state index contributed by atoms with van der Waals surface area (Å²) in [6.07, 6.45) is 0. The van der Waals surface area contributed by atoms with Gasteiger partial charge in [0.25, 0.3) is 0 Å². The fourth-order valence-corrected chi connectivity index (χ4v) is 2.94. The summed E-state index contributed by atoms with van der Waals surface area (Å²) in [7, 11) is 0. The molecule has 3 aromatic rings. The Hall–Kier alpha value is -1.90. The Balaban J connectivity index is 1.80. The van der Waals surface area contributed by atoms with Crippen molar-refractivity contribution in [3.8, 4) is 0 Å². The fourth-order valence-electron chi connectivity index (χ4n) is 2.73. The Morgan fingerprint density at radius 3 is 2.55 bits per heavy atom. The molecule has 2 nitrogen and oxygen atoms in total. The lowest BCUT2D eigenvalue weighted by Crippen LogP contribution is -2.13. The highest BCUT2D eigenvalue weighted by Gasteiger charge is 2.07. The van der Waals surface area contributed by atoms with Gasteiger partial charge in [-0.3, -0.25) is 0 Å². The Morgan fingerprint density at radius 1 is 1.00 bits per heavy atom. The summed E-state index contributed by atoms with van der Waals surface area (Å²) in [4.78, 5) is 4.57. The number of benzene rings is 2. The van der Waals surface area contributed by atoms with Crippen LogP contribution in [0.1, 0.15) is 22.3 Å². The van der Waals surface area contributed by atoms with E-state index in [0.717, 1.165) is 23.0 Å². The maximum Gasteiger partial charge on any atom is 0.134 e. The molecule has 0 aliphatic heterocycles. The van der Waals surface area contributed by atoms with Crippen molar-refractivity contribution < 1.29 is 0 Å². The Bertz CT molecular complexity index is 797. The SMILES string of the molecule is Cc1cc(C)c2nc(Cl)c(CNCc3ccccc3)cc2c1. The summed E-state index contributed by atoms with van der Waals surface area (Å²) >= 11 is 6.35. The lowest BCUT2D eigenvalue weighted by Gasteiger charge is -2.10. The zero-order valence-corrected chi connectivity index (χ0v) is 13.6. The van der Waals surface area contributed by atoms with Crippen molar-refractivity contribution in [3.05, 3.63) is 75.9 Å². The van der Waals surface area contributed by atoms with E-state index < -0.39 is 0 Å². The third kappa shape index (κ3) is 3.29. The van der Waals surface area contributed by atoms with Gasteiger partial charge in [-0.2, -0.15) is 0 Å². The minimum atomic E-state index is 0.583. The molecule has 22 heavy (non-hydrogen) atoms. The summed E-state index contributed by atoms with van der Waals surface area (Å²) < 4.78 is 0. The fraction of sp³-hybridized carbons (Fsp3) is 0.211. The standard InChI is InChI=1S/C19H19ClN2/c1-13-8-14(2)18-16(9-13)10-17(19(20)22-18)12-21-11-15-6-4-3-5-7-15/h3-10,21H,11-12H2,1-2H3. The molecule has 2 aromatic carbocycles. The van der Waals surface area contributed by atoms with Gasteiger partial charge in [-0.05, 0) is 37.1 Å². The molecule has 1 aromatic heterocycles. The van der Waals surface area contributed by atoms with Crippen LogP contribution in [0.3, 0.4) is 0 Å². The second-order valence-electron chi connectivity index (χ2n) is 5.68. The van der Waals surface area contributed by atoms with Gasteiger partial charge in [0.1, 0.15) is 5.15 Å². The van der Waals surface area contributed by atoms with Crippen LogP contribution in [0.4, 0.5) is 0 Å². The monoisotopic (exact) mass is 310 g/mol. The highest BCUT2D eigenvalue weighted by Crippen LogP contribution is 2.24. The number of nitrogens with zero attached hydrogens (tertiary/aromatic N) is 1. The van der Waals surface area contributed by atoms with Gasteiger partial charge >= 0.3 is 0 Å². The summed E-state index contributed by atoms with van der Waals surface area (Å²) in [6.45, 7) is 5.71. The molecule has 0 aliphatic rings.